The zero-order valence-electron chi connectivity index (χ0n) is 23.2. The topological polar surface area (TPSA) is 74.4 Å². The highest BCUT2D eigenvalue weighted by Gasteiger charge is 2.30. The van der Waals surface area contributed by atoms with Crippen LogP contribution in [-0.4, -0.2) is 59.5 Å². The van der Waals surface area contributed by atoms with Crippen molar-refractivity contribution in [2.24, 2.45) is 0 Å². The number of hydrogen-bond acceptors (Lipinski definition) is 5. The van der Waals surface area contributed by atoms with Gasteiger partial charge >= 0.3 is 0 Å². The summed E-state index contributed by atoms with van der Waals surface area (Å²) in [5.74, 6) is 0.843. The zero-order valence-corrected chi connectivity index (χ0v) is 26.8. The van der Waals surface area contributed by atoms with Crippen LogP contribution in [0.1, 0.15) is 18.3 Å². The van der Waals surface area contributed by atoms with Crippen LogP contribution in [0, 0.1) is 0 Å². The quantitative estimate of drug-likeness (QED) is 0.193. The molecule has 8 nitrogen and oxygen atoms in total. The number of carbonyl (C=O) groups is 1. The Kier molecular flexibility index (Phi) is 8.49. The fourth-order valence-corrected chi connectivity index (χ4v) is 6.14. The van der Waals surface area contributed by atoms with E-state index in [-0.39, 0.29) is 5.91 Å². The Morgan fingerprint density at radius 2 is 1.65 bits per heavy atom. The molecule has 1 aliphatic rings. The smallest absolute Gasteiger partial charge is 0.220 e. The molecule has 1 aliphatic heterocycles. The van der Waals surface area contributed by atoms with Gasteiger partial charge in [-0.05, 0) is 30.3 Å². The third kappa shape index (κ3) is 7.00. The summed E-state index contributed by atoms with van der Waals surface area (Å²) < 4.78 is 17.3. The van der Waals surface area contributed by atoms with E-state index in [0.29, 0.717) is 33.2 Å². The Labute approximate surface area is 230 Å². The maximum Gasteiger partial charge on any atom is 0.220 e. The Balaban J connectivity index is 1.67. The van der Waals surface area contributed by atoms with Crippen molar-refractivity contribution in [2.45, 2.75) is 84.8 Å². The second kappa shape index (κ2) is 11.1. The number of ether oxygens (including phenoxy) is 2. The number of nitrogens with zero attached hydrogens (tertiary/aromatic N) is 5. The van der Waals surface area contributed by atoms with Crippen LogP contribution < -0.4 is 0 Å². The molecular formula is C26H40BrN5O3Si2. The predicted octanol–water partition coefficient (Wildman–Crippen LogP) is 6.15. The first-order chi connectivity index (χ1) is 17.3. The van der Waals surface area contributed by atoms with Crippen LogP contribution in [0.25, 0.3) is 22.4 Å². The van der Waals surface area contributed by atoms with Gasteiger partial charge in [0.25, 0.3) is 0 Å². The molecule has 0 saturated carbocycles. The van der Waals surface area contributed by atoms with E-state index in [1.807, 2.05) is 15.6 Å². The van der Waals surface area contributed by atoms with Gasteiger partial charge in [-0.3, -0.25) is 4.79 Å². The van der Waals surface area contributed by atoms with Crippen LogP contribution in [0.4, 0.5) is 0 Å². The Bertz CT molecular complexity index is 1280. The van der Waals surface area contributed by atoms with Gasteiger partial charge in [0, 0.05) is 46.1 Å². The number of fused-ring (bicyclic) bond motifs is 2. The lowest BCUT2D eigenvalue weighted by Crippen LogP contribution is -2.24. The normalized spacial score (nSPS) is 14.1. The maximum absolute atomic E-state index is 12.1. The van der Waals surface area contributed by atoms with Crippen molar-refractivity contribution < 1.29 is 14.3 Å². The highest BCUT2D eigenvalue weighted by atomic mass is 79.9. The lowest BCUT2D eigenvalue weighted by atomic mass is 10.2. The second-order valence-electron chi connectivity index (χ2n) is 12.3. The summed E-state index contributed by atoms with van der Waals surface area (Å²) in [5.41, 5.74) is 3.76. The van der Waals surface area contributed by atoms with Crippen molar-refractivity contribution in [1.29, 1.82) is 0 Å². The van der Waals surface area contributed by atoms with Gasteiger partial charge in [0.1, 0.15) is 19.2 Å². The van der Waals surface area contributed by atoms with E-state index in [9.17, 15) is 4.79 Å². The molecule has 0 atom stereocenters. The van der Waals surface area contributed by atoms with E-state index in [1.165, 1.54) is 0 Å². The Hall–Kier alpha value is -1.80. The van der Waals surface area contributed by atoms with Crippen molar-refractivity contribution in [1.82, 2.24) is 24.2 Å². The van der Waals surface area contributed by atoms with Crippen LogP contribution in [0.3, 0.4) is 0 Å². The van der Waals surface area contributed by atoms with Crippen LogP contribution in [0.15, 0.2) is 22.7 Å². The molecule has 0 N–H and O–H groups in total. The molecule has 0 aliphatic carbocycles. The van der Waals surface area contributed by atoms with Gasteiger partial charge < -0.3 is 18.9 Å². The third-order valence-electron chi connectivity index (χ3n) is 6.63. The third-order valence-corrected chi connectivity index (χ3v) is 10.5. The molecule has 0 spiro atoms. The van der Waals surface area contributed by atoms with E-state index in [1.54, 1.807) is 6.92 Å². The van der Waals surface area contributed by atoms with Gasteiger partial charge in [-0.25, -0.2) is 9.67 Å². The minimum atomic E-state index is -1.20. The van der Waals surface area contributed by atoms with Crippen LogP contribution in [0.2, 0.25) is 51.4 Å². The molecule has 0 fully saturated rings. The standard InChI is InChI=1S/C26H40BrN5O3Si2/c1-19(33)30-15-22-24(16-30)31(17-34-10-12-36(2,3)4)26(28-22)25-21-9-8-20(27)14-23(21)32(29-25)18-35-11-13-37(5,6)7/h8-9,14H,10-13,15-18H2,1-7H3. The molecule has 3 aromatic rings. The number of rotatable bonds is 11. The predicted molar refractivity (Wildman–Crippen MR) is 157 cm³/mol. The van der Waals surface area contributed by atoms with Crippen LogP contribution in [-0.2, 0) is 40.8 Å². The molecule has 2 aromatic heterocycles. The molecule has 3 heterocycles. The van der Waals surface area contributed by atoms with E-state index >= 15 is 0 Å². The summed E-state index contributed by atoms with van der Waals surface area (Å²) in [5, 5.41) is 6.02. The first-order valence-electron chi connectivity index (χ1n) is 13.0. The van der Waals surface area contributed by atoms with Crippen LogP contribution >= 0.6 is 15.9 Å². The van der Waals surface area contributed by atoms with E-state index in [0.717, 1.165) is 57.0 Å². The van der Waals surface area contributed by atoms with Gasteiger partial charge in [0.2, 0.25) is 5.91 Å². The highest BCUT2D eigenvalue weighted by molar-refractivity contribution is 9.10. The van der Waals surface area contributed by atoms with Crippen molar-refractivity contribution in [2.75, 3.05) is 13.2 Å². The largest absolute Gasteiger partial charge is 0.361 e. The summed E-state index contributed by atoms with van der Waals surface area (Å²) >= 11 is 3.62. The van der Waals surface area contributed by atoms with Gasteiger partial charge in [-0.1, -0.05) is 55.2 Å². The monoisotopic (exact) mass is 605 g/mol. The van der Waals surface area contributed by atoms with E-state index in [4.69, 9.17) is 19.6 Å². The minimum absolute atomic E-state index is 0.0563. The Morgan fingerprint density at radius 3 is 2.27 bits per heavy atom. The van der Waals surface area contributed by atoms with Crippen molar-refractivity contribution in [3.63, 3.8) is 0 Å². The number of benzene rings is 1. The Morgan fingerprint density at radius 1 is 1.00 bits per heavy atom. The molecule has 0 radical (unpaired) electrons. The highest BCUT2D eigenvalue weighted by Crippen LogP contribution is 2.34. The average molecular weight is 607 g/mol. The summed E-state index contributed by atoms with van der Waals surface area (Å²) in [7, 11) is -2.37. The first kappa shape index (κ1) is 28.2. The summed E-state index contributed by atoms with van der Waals surface area (Å²) in [4.78, 5) is 18.9. The van der Waals surface area contributed by atoms with E-state index in [2.05, 4.69) is 71.9 Å². The summed E-state index contributed by atoms with van der Waals surface area (Å²) in [6.45, 7) is 19.0. The van der Waals surface area contributed by atoms with E-state index < -0.39 is 16.1 Å². The van der Waals surface area contributed by atoms with Gasteiger partial charge in [-0.15, -0.1) is 0 Å². The van der Waals surface area contributed by atoms with Gasteiger partial charge in [-0.2, -0.15) is 5.10 Å². The number of imidazole rings is 1. The summed E-state index contributed by atoms with van der Waals surface area (Å²) in [6, 6.07) is 8.41. The number of carbonyl (C=O) groups excluding carboxylic acids is 1. The lowest BCUT2D eigenvalue weighted by Gasteiger charge is -2.18. The molecule has 4 rings (SSSR count). The van der Waals surface area contributed by atoms with Crippen molar-refractivity contribution in [3.05, 3.63) is 34.1 Å². The molecule has 1 aromatic carbocycles. The fraction of sp³-hybridized carbons (Fsp3) is 0.577. The van der Waals surface area contributed by atoms with Crippen molar-refractivity contribution >= 4 is 48.9 Å². The maximum atomic E-state index is 12.1. The average Bonchev–Trinajstić information content (AvgIpc) is 3.44. The molecule has 0 saturated heterocycles. The minimum Gasteiger partial charge on any atom is -0.361 e. The number of amides is 1. The van der Waals surface area contributed by atoms with Gasteiger partial charge in [0.15, 0.2) is 5.82 Å². The lowest BCUT2D eigenvalue weighted by molar-refractivity contribution is -0.129. The molecule has 11 heteroatoms. The fourth-order valence-electron chi connectivity index (χ4n) is 4.27. The van der Waals surface area contributed by atoms with Crippen molar-refractivity contribution in [3.8, 4) is 11.5 Å². The SMILES string of the molecule is CC(=O)N1Cc2nc(-c3nn(COCC[Si](C)(C)C)c4cc(Br)ccc34)n(COCC[Si](C)(C)C)c2C1. The first-order valence-corrected chi connectivity index (χ1v) is 21.2. The molecule has 0 unspecified atom stereocenters. The molecule has 0 bridgehead atoms. The number of hydrogen-bond donors (Lipinski definition) is 0. The molecule has 1 amide bonds. The van der Waals surface area contributed by atoms with Gasteiger partial charge in [0.05, 0.1) is 30.0 Å². The molecular weight excluding hydrogens is 566 g/mol. The number of halogens is 1. The van der Waals surface area contributed by atoms with Crippen LogP contribution in [0.5, 0.6) is 0 Å². The molecule has 202 valence electrons. The molecule has 37 heavy (non-hydrogen) atoms. The second-order valence-corrected chi connectivity index (χ2v) is 24.5. The zero-order chi connectivity index (χ0) is 27.0. The number of aromatic nitrogens is 4. The summed E-state index contributed by atoms with van der Waals surface area (Å²) in [6.07, 6.45) is 0.